The number of likely N-dealkylation sites (N-methyl/N-ethyl adjacent to an activating group) is 1. The molecule has 0 heterocycles. The second-order valence-corrected chi connectivity index (χ2v) is 6.69. The zero-order valence-corrected chi connectivity index (χ0v) is 15.2. The number of aliphatic carboxylic acids is 1. The third-order valence-electron chi connectivity index (χ3n) is 4.66. The zero-order valence-electron chi connectivity index (χ0n) is 15.2. The highest BCUT2D eigenvalue weighted by molar-refractivity contribution is 5.84. The molecule has 0 saturated carbocycles. The molecule has 5 heteroatoms. The fraction of sp³-hybridized carbons (Fsp3) is 0.400. The molecule has 2 aromatic rings. The van der Waals surface area contributed by atoms with E-state index in [0.29, 0.717) is 6.54 Å². The van der Waals surface area contributed by atoms with Crippen LogP contribution in [-0.4, -0.2) is 41.5 Å². The Morgan fingerprint density at radius 3 is 2.36 bits per heavy atom. The van der Waals surface area contributed by atoms with E-state index in [1.54, 1.807) is 25.8 Å². The quantitative estimate of drug-likeness (QED) is 0.811. The Hall–Kier alpha value is -2.40. The number of carboxylic acids is 1. The van der Waals surface area contributed by atoms with Crippen molar-refractivity contribution in [1.82, 2.24) is 10.2 Å². The molecule has 1 amide bonds. The number of carbonyl (C=O) groups is 2. The van der Waals surface area contributed by atoms with Crippen LogP contribution in [0.2, 0.25) is 0 Å². The van der Waals surface area contributed by atoms with Gasteiger partial charge in [-0.3, -0.25) is 14.5 Å². The lowest BCUT2D eigenvalue weighted by Crippen LogP contribution is -2.46. The number of amides is 1. The maximum absolute atomic E-state index is 12.5. The summed E-state index contributed by atoms with van der Waals surface area (Å²) in [7, 11) is 1.77. The summed E-state index contributed by atoms with van der Waals surface area (Å²) in [6.45, 7) is 5.71. The first-order valence-corrected chi connectivity index (χ1v) is 8.51. The van der Waals surface area contributed by atoms with E-state index >= 15 is 0 Å². The fourth-order valence-corrected chi connectivity index (χ4v) is 2.76. The minimum absolute atomic E-state index is 0.110. The van der Waals surface area contributed by atoms with Crippen LogP contribution in [0.15, 0.2) is 42.5 Å². The summed E-state index contributed by atoms with van der Waals surface area (Å²) in [6, 6.07) is 13.8. The summed E-state index contributed by atoms with van der Waals surface area (Å²) in [5, 5.41) is 14.3. The van der Waals surface area contributed by atoms with E-state index in [-0.39, 0.29) is 11.9 Å². The molecule has 3 unspecified atom stereocenters. The Bertz CT molecular complexity index is 759. The molecule has 25 heavy (non-hydrogen) atoms. The molecule has 3 atom stereocenters. The van der Waals surface area contributed by atoms with Crippen LogP contribution < -0.4 is 5.32 Å². The summed E-state index contributed by atoms with van der Waals surface area (Å²) in [4.78, 5) is 25.2. The second-order valence-electron chi connectivity index (χ2n) is 6.69. The summed E-state index contributed by atoms with van der Waals surface area (Å²) in [6.07, 6.45) is 0. The normalized spacial score (nSPS) is 14.9. The monoisotopic (exact) mass is 342 g/mol. The van der Waals surface area contributed by atoms with Gasteiger partial charge in [-0.05, 0) is 43.3 Å². The molecule has 2 aromatic carbocycles. The first-order chi connectivity index (χ1) is 11.8. The van der Waals surface area contributed by atoms with Crippen LogP contribution in [0.4, 0.5) is 0 Å². The molecule has 0 aliphatic heterocycles. The van der Waals surface area contributed by atoms with Crippen molar-refractivity contribution < 1.29 is 14.7 Å². The highest BCUT2D eigenvalue weighted by Crippen LogP contribution is 2.20. The molecule has 0 aliphatic rings. The van der Waals surface area contributed by atoms with Gasteiger partial charge < -0.3 is 10.4 Å². The van der Waals surface area contributed by atoms with Crippen LogP contribution in [0.5, 0.6) is 0 Å². The number of hydrogen-bond donors (Lipinski definition) is 2. The molecule has 0 bridgehead atoms. The van der Waals surface area contributed by atoms with Crippen LogP contribution in [0.3, 0.4) is 0 Å². The number of rotatable bonds is 7. The van der Waals surface area contributed by atoms with Crippen LogP contribution in [0.25, 0.3) is 10.8 Å². The second kappa shape index (κ2) is 8.12. The van der Waals surface area contributed by atoms with Crippen LogP contribution in [-0.2, 0) is 9.59 Å². The van der Waals surface area contributed by atoms with Gasteiger partial charge in [-0.2, -0.15) is 0 Å². The lowest BCUT2D eigenvalue weighted by atomic mass is 10.0. The van der Waals surface area contributed by atoms with Crippen LogP contribution in [0, 0.1) is 5.92 Å². The molecule has 2 rings (SSSR count). The molecular formula is C20H26N2O3. The standard InChI is InChI=1S/C20H26N2O3/c1-13(20(24)25)12-22(4)15(3)19(23)21-14(2)17-10-9-16-7-5-6-8-18(16)11-17/h5-11,13-15H,12H2,1-4H3,(H,21,23)(H,24,25). The van der Waals surface area contributed by atoms with E-state index in [1.807, 2.05) is 25.1 Å². The van der Waals surface area contributed by atoms with Crippen molar-refractivity contribution in [3.8, 4) is 0 Å². The van der Waals surface area contributed by atoms with E-state index in [0.717, 1.165) is 10.9 Å². The number of hydrogen-bond acceptors (Lipinski definition) is 3. The van der Waals surface area contributed by atoms with Gasteiger partial charge in [-0.15, -0.1) is 0 Å². The predicted molar refractivity (Wildman–Crippen MR) is 99.4 cm³/mol. The molecule has 2 N–H and O–H groups in total. The number of carboxylic acid groups (broad SMARTS) is 1. The van der Waals surface area contributed by atoms with Crippen molar-refractivity contribution in [2.75, 3.05) is 13.6 Å². The zero-order chi connectivity index (χ0) is 18.6. The van der Waals surface area contributed by atoms with Gasteiger partial charge in [0.1, 0.15) is 0 Å². The van der Waals surface area contributed by atoms with Crippen molar-refractivity contribution in [3.05, 3.63) is 48.0 Å². The van der Waals surface area contributed by atoms with Crippen molar-refractivity contribution in [1.29, 1.82) is 0 Å². The van der Waals surface area contributed by atoms with Gasteiger partial charge in [0.15, 0.2) is 0 Å². The van der Waals surface area contributed by atoms with Crippen molar-refractivity contribution in [3.63, 3.8) is 0 Å². The largest absolute Gasteiger partial charge is 0.481 e. The van der Waals surface area contributed by atoms with Gasteiger partial charge in [0.2, 0.25) is 5.91 Å². The van der Waals surface area contributed by atoms with E-state index in [9.17, 15) is 9.59 Å². The summed E-state index contributed by atoms with van der Waals surface area (Å²) < 4.78 is 0. The Morgan fingerprint density at radius 2 is 1.72 bits per heavy atom. The topological polar surface area (TPSA) is 69.6 Å². The van der Waals surface area contributed by atoms with Crippen molar-refractivity contribution >= 4 is 22.6 Å². The molecule has 0 saturated heterocycles. The van der Waals surface area contributed by atoms with Crippen LogP contribution in [0.1, 0.15) is 32.4 Å². The first-order valence-electron chi connectivity index (χ1n) is 8.51. The maximum atomic E-state index is 12.5. The minimum Gasteiger partial charge on any atom is -0.481 e. The molecule has 134 valence electrons. The first kappa shape index (κ1) is 18.9. The molecule has 0 aliphatic carbocycles. The number of carbonyl (C=O) groups excluding carboxylic acids is 1. The minimum atomic E-state index is -0.857. The third kappa shape index (κ3) is 4.79. The Kier molecular flexibility index (Phi) is 6.15. The summed E-state index contributed by atoms with van der Waals surface area (Å²) >= 11 is 0. The number of fused-ring (bicyclic) bond motifs is 1. The smallest absolute Gasteiger partial charge is 0.307 e. The maximum Gasteiger partial charge on any atom is 0.307 e. The number of nitrogens with zero attached hydrogens (tertiary/aromatic N) is 1. The molecule has 0 spiro atoms. The molecule has 0 aromatic heterocycles. The lowest BCUT2D eigenvalue weighted by Gasteiger charge is -2.27. The highest BCUT2D eigenvalue weighted by Gasteiger charge is 2.23. The Morgan fingerprint density at radius 1 is 1.08 bits per heavy atom. The average molecular weight is 342 g/mol. The van der Waals surface area contributed by atoms with Gasteiger partial charge in [-0.25, -0.2) is 0 Å². The number of nitrogens with one attached hydrogen (secondary N) is 1. The fourth-order valence-electron chi connectivity index (χ4n) is 2.76. The molecule has 0 radical (unpaired) electrons. The van der Waals surface area contributed by atoms with Gasteiger partial charge in [-0.1, -0.05) is 43.3 Å². The van der Waals surface area contributed by atoms with E-state index in [1.165, 1.54) is 5.39 Å². The third-order valence-corrected chi connectivity index (χ3v) is 4.66. The molecular weight excluding hydrogens is 316 g/mol. The van der Waals surface area contributed by atoms with E-state index in [2.05, 4.69) is 29.6 Å². The average Bonchev–Trinajstić information content (AvgIpc) is 2.60. The summed E-state index contributed by atoms with van der Waals surface area (Å²) in [5.74, 6) is -1.48. The predicted octanol–water partition coefficient (Wildman–Crippen LogP) is 3.06. The van der Waals surface area contributed by atoms with Crippen LogP contribution >= 0.6 is 0 Å². The van der Waals surface area contributed by atoms with Gasteiger partial charge in [0.05, 0.1) is 18.0 Å². The number of benzene rings is 2. The van der Waals surface area contributed by atoms with Crippen molar-refractivity contribution in [2.45, 2.75) is 32.9 Å². The van der Waals surface area contributed by atoms with Gasteiger partial charge in [0.25, 0.3) is 0 Å². The van der Waals surface area contributed by atoms with Gasteiger partial charge in [0, 0.05) is 6.54 Å². The Labute approximate surface area is 148 Å². The molecule has 5 nitrogen and oxygen atoms in total. The van der Waals surface area contributed by atoms with E-state index < -0.39 is 17.9 Å². The SMILES string of the molecule is CC(CN(C)C(C)C(=O)NC(C)c1ccc2ccccc2c1)C(=O)O. The van der Waals surface area contributed by atoms with Gasteiger partial charge >= 0.3 is 5.97 Å². The highest BCUT2D eigenvalue weighted by atomic mass is 16.4. The lowest BCUT2D eigenvalue weighted by molar-refractivity contribution is -0.142. The van der Waals surface area contributed by atoms with E-state index in [4.69, 9.17) is 5.11 Å². The molecule has 0 fully saturated rings. The Balaban J connectivity index is 2.01. The summed E-state index contributed by atoms with van der Waals surface area (Å²) in [5.41, 5.74) is 1.04. The van der Waals surface area contributed by atoms with Crippen molar-refractivity contribution in [2.24, 2.45) is 5.92 Å².